The number of hydrogen-bond acceptors (Lipinski definition) is 5. The zero-order valence-corrected chi connectivity index (χ0v) is 13.9. The highest BCUT2D eigenvalue weighted by Crippen LogP contribution is 2.16. The lowest BCUT2D eigenvalue weighted by Crippen LogP contribution is -2.36. The first kappa shape index (κ1) is 14.8. The number of nitrogens with one attached hydrogen (secondary N) is 1. The number of hydrazone groups is 1. The van der Waals surface area contributed by atoms with Gasteiger partial charge in [-0.3, -0.25) is 0 Å². The minimum absolute atomic E-state index is 0.635. The van der Waals surface area contributed by atoms with Crippen LogP contribution in [0.15, 0.2) is 53.6 Å². The third kappa shape index (κ3) is 3.55. The molecule has 2 aromatic carbocycles. The van der Waals surface area contributed by atoms with Crippen molar-refractivity contribution >= 4 is 34.6 Å². The Kier molecular flexibility index (Phi) is 4.56. The highest BCUT2D eigenvalue weighted by atomic mass is 127. The quantitative estimate of drug-likeness (QED) is 0.798. The van der Waals surface area contributed by atoms with Gasteiger partial charge in [-0.15, -0.1) is 0 Å². The molecule has 0 saturated heterocycles. The van der Waals surface area contributed by atoms with Gasteiger partial charge in [0.2, 0.25) is 0 Å². The second-order valence-electron chi connectivity index (χ2n) is 4.86. The van der Waals surface area contributed by atoms with E-state index in [0.717, 1.165) is 12.2 Å². The molecule has 6 heteroatoms. The van der Waals surface area contributed by atoms with Crippen LogP contribution in [0.4, 0.5) is 5.69 Å². The minimum Gasteiger partial charge on any atom is -0.309 e. The van der Waals surface area contributed by atoms with Crippen LogP contribution in [0.25, 0.3) is 0 Å². The lowest BCUT2D eigenvalue weighted by atomic mass is 10.2. The number of rotatable bonds is 4. The van der Waals surface area contributed by atoms with E-state index in [0.29, 0.717) is 12.2 Å². The van der Waals surface area contributed by atoms with Crippen molar-refractivity contribution < 1.29 is 0 Å². The number of halogens is 1. The van der Waals surface area contributed by atoms with Gasteiger partial charge in [-0.1, -0.05) is 12.1 Å². The Morgan fingerprint density at radius 2 is 1.86 bits per heavy atom. The van der Waals surface area contributed by atoms with Crippen molar-refractivity contribution in [3.05, 3.63) is 63.2 Å². The molecule has 1 N–H and O–H groups in total. The van der Waals surface area contributed by atoms with E-state index in [2.05, 4.69) is 63.5 Å². The number of anilines is 1. The first-order valence-corrected chi connectivity index (χ1v) is 7.89. The molecule has 0 atom stereocenters. The molecule has 0 spiro atoms. The Hall–Kier alpha value is -2.11. The number of hydrazine groups is 1. The summed E-state index contributed by atoms with van der Waals surface area (Å²) in [5, 5.41) is 14.9. The molecule has 0 fully saturated rings. The lowest BCUT2D eigenvalue weighted by Gasteiger charge is -2.19. The van der Waals surface area contributed by atoms with Crippen molar-refractivity contribution in [2.45, 2.75) is 6.54 Å². The van der Waals surface area contributed by atoms with E-state index in [1.54, 1.807) is 11.5 Å². The molecule has 0 aromatic heterocycles. The summed E-state index contributed by atoms with van der Waals surface area (Å²) in [6.07, 6.45) is 1.78. The van der Waals surface area contributed by atoms with Gasteiger partial charge in [0.15, 0.2) is 0 Å². The van der Waals surface area contributed by atoms with Crippen molar-refractivity contribution in [2.75, 3.05) is 11.6 Å². The lowest BCUT2D eigenvalue weighted by molar-refractivity contribution is 0.215. The maximum atomic E-state index is 8.82. The molecule has 0 amide bonds. The molecular weight excluding hydrogens is 389 g/mol. The van der Waals surface area contributed by atoms with E-state index < -0.39 is 0 Å². The summed E-state index contributed by atoms with van der Waals surface area (Å²) in [5.74, 6) is 0. The summed E-state index contributed by atoms with van der Waals surface area (Å²) in [7, 11) is 0. The second kappa shape index (κ2) is 6.77. The molecular formula is C16H14IN5. The van der Waals surface area contributed by atoms with E-state index >= 15 is 0 Å². The van der Waals surface area contributed by atoms with Gasteiger partial charge in [-0.2, -0.15) is 10.4 Å². The highest BCUT2D eigenvalue weighted by Gasteiger charge is 2.14. The molecule has 0 aliphatic carbocycles. The molecule has 0 bridgehead atoms. The van der Waals surface area contributed by atoms with Crippen LogP contribution >= 0.6 is 22.6 Å². The molecule has 1 heterocycles. The molecule has 5 nitrogen and oxygen atoms in total. The van der Waals surface area contributed by atoms with E-state index in [1.165, 1.54) is 9.13 Å². The summed E-state index contributed by atoms with van der Waals surface area (Å²) in [6.45, 7) is 1.37. The standard InChI is InChI=1S/C16H14IN5/c17-15-5-1-14(2-6-15)10-19-22-12-21(11-20-22)16-7-3-13(9-18)4-8-16/h1-8,11,19H,10,12H2. The van der Waals surface area contributed by atoms with Crippen LogP contribution < -0.4 is 10.3 Å². The Labute approximate surface area is 143 Å². The van der Waals surface area contributed by atoms with Gasteiger partial charge >= 0.3 is 0 Å². The number of benzene rings is 2. The topological polar surface area (TPSA) is 54.7 Å². The van der Waals surface area contributed by atoms with E-state index in [9.17, 15) is 0 Å². The predicted octanol–water partition coefficient (Wildman–Crippen LogP) is 2.89. The summed E-state index contributed by atoms with van der Waals surface area (Å²) >= 11 is 2.30. The Balaban J connectivity index is 1.55. The maximum Gasteiger partial charge on any atom is 0.130 e. The van der Waals surface area contributed by atoms with E-state index in [-0.39, 0.29) is 0 Å². The van der Waals surface area contributed by atoms with E-state index in [4.69, 9.17) is 5.26 Å². The summed E-state index contributed by atoms with van der Waals surface area (Å²) < 4.78 is 1.23. The minimum atomic E-state index is 0.635. The Morgan fingerprint density at radius 3 is 2.55 bits per heavy atom. The van der Waals surface area contributed by atoms with Crippen LogP contribution in [-0.4, -0.2) is 18.1 Å². The fraction of sp³-hybridized carbons (Fsp3) is 0.125. The highest BCUT2D eigenvalue weighted by molar-refractivity contribution is 14.1. The van der Waals surface area contributed by atoms with Crippen LogP contribution in [0.3, 0.4) is 0 Å². The van der Waals surface area contributed by atoms with Crippen LogP contribution in [0.5, 0.6) is 0 Å². The summed E-state index contributed by atoms with van der Waals surface area (Å²) in [6, 6.07) is 18.0. The van der Waals surface area contributed by atoms with Gasteiger partial charge in [0.25, 0.3) is 0 Å². The largest absolute Gasteiger partial charge is 0.309 e. The fourth-order valence-corrected chi connectivity index (χ4v) is 2.45. The van der Waals surface area contributed by atoms with Crippen molar-refractivity contribution in [3.63, 3.8) is 0 Å². The van der Waals surface area contributed by atoms with Crippen LogP contribution in [0.2, 0.25) is 0 Å². The first-order valence-electron chi connectivity index (χ1n) is 6.81. The Bertz CT molecular complexity index is 703. The maximum absolute atomic E-state index is 8.82. The van der Waals surface area contributed by atoms with Gasteiger partial charge < -0.3 is 4.90 Å². The average molecular weight is 403 g/mol. The molecule has 0 radical (unpaired) electrons. The normalized spacial score (nSPS) is 13.5. The van der Waals surface area contributed by atoms with Crippen LogP contribution in [0, 0.1) is 14.9 Å². The SMILES string of the molecule is N#Cc1ccc(N2C=NN(NCc3ccc(I)cc3)C2)cc1. The van der Waals surface area contributed by atoms with Gasteiger partial charge in [0.05, 0.1) is 11.6 Å². The smallest absolute Gasteiger partial charge is 0.130 e. The monoisotopic (exact) mass is 403 g/mol. The van der Waals surface area contributed by atoms with Crippen molar-refractivity contribution in [1.29, 1.82) is 5.26 Å². The third-order valence-corrected chi connectivity index (χ3v) is 4.04. The molecule has 3 rings (SSSR count). The van der Waals surface area contributed by atoms with Gasteiger partial charge in [0.1, 0.15) is 13.0 Å². The van der Waals surface area contributed by atoms with Gasteiger partial charge in [-0.05, 0) is 64.6 Å². The fourth-order valence-electron chi connectivity index (χ4n) is 2.09. The van der Waals surface area contributed by atoms with E-state index in [1.807, 2.05) is 29.2 Å². The number of nitriles is 1. The predicted molar refractivity (Wildman–Crippen MR) is 94.8 cm³/mol. The average Bonchev–Trinajstić information content (AvgIpc) is 3.03. The third-order valence-electron chi connectivity index (χ3n) is 3.32. The first-order chi connectivity index (χ1) is 10.7. The van der Waals surface area contributed by atoms with Crippen molar-refractivity contribution in [3.8, 4) is 6.07 Å². The molecule has 22 heavy (non-hydrogen) atoms. The van der Waals surface area contributed by atoms with Crippen LogP contribution in [-0.2, 0) is 6.54 Å². The number of nitrogens with zero attached hydrogens (tertiary/aromatic N) is 4. The molecule has 1 aliphatic rings. The van der Waals surface area contributed by atoms with Crippen LogP contribution in [0.1, 0.15) is 11.1 Å². The molecule has 110 valence electrons. The molecule has 0 saturated carbocycles. The molecule has 1 aliphatic heterocycles. The zero-order valence-electron chi connectivity index (χ0n) is 11.8. The summed E-state index contributed by atoms with van der Waals surface area (Å²) in [5.41, 5.74) is 6.17. The molecule has 2 aromatic rings. The van der Waals surface area contributed by atoms with Crippen molar-refractivity contribution in [1.82, 2.24) is 10.5 Å². The zero-order chi connectivity index (χ0) is 15.4. The number of hydrogen-bond donors (Lipinski definition) is 1. The molecule has 0 unspecified atom stereocenters. The van der Waals surface area contributed by atoms with Crippen molar-refractivity contribution in [2.24, 2.45) is 5.10 Å². The van der Waals surface area contributed by atoms with Gasteiger partial charge in [0, 0.05) is 15.8 Å². The van der Waals surface area contributed by atoms with Gasteiger partial charge in [-0.25, -0.2) is 10.5 Å². The Morgan fingerprint density at radius 1 is 1.14 bits per heavy atom. The summed E-state index contributed by atoms with van der Waals surface area (Å²) in [4.78, 5) is 2.02. The second-order valence-corrected chi connectivity index (χ2v) is 6.11.